The standard InChI is InChI=1S/C90H150N18O33/c109-70(94-49-22-4-13-34-82(121)106(139)61-43-85(124)125)37-55-100(133)76(115)28-10-1-19-46-91-73(112)40-58-103(136)79(118)31-16-7-25-52-97-88(130)67-64-68(89(131)98-53-26-8-17-32-80(119)104(137)59-41-74(113)92-47-20-2-11-29-77(116)101(134)56-38-71(110)95-50-23-5-14-35-83(122)107(140)62-44-86(126)127)66-69(65-67)90(132)99-54-27-9-18-33-81(120)105(138)60-42-75(114)93-48-21-3-12-30-78(117)102(135)57-39-72(111)96-51-24-6-15-36-84(123)108(141)63-45-87(128)129/h64-66,133-141H,1-63H2,(H,91,112)(H,92,113)(H,93,114)(H,94,109)(H,95,110)(H,96,111)(H,97,130)(H,98,131)(H,99,132)(H,124,125)(H,126,127)(H,128,129). The van der Waals surface area contributed by atoms with Crippen LogP contribution in [0.3, 0.4) is 0 Å². The second kappa shape index (κ2) is 78.4. The van der Waals surface area contributed by atoms with E-state index in [9.17, 15) is 148 Å². The maximum atomic E-state index is 13.7. The van der Waals surface area contributed by atoms with Gasteiger partial charge in [-0.1, -0.05) is 57.8 Å². The molecule has 0 aliphatic rings. The summed E-state index contributed by atoms with van der Waals surface area (Å²) in [6.45, 7) is -0.868. The molecule has 1 aromatic carbocycles. The third-order valence-corrected chi connectivity index (χ3v) is 21.6. The number of amides is 18. The molecule has 0 atom stereocenters. The molecule has 0 aromatic heterocycles. The minimum atomic E-state index is -1.15. The molecule has 51 heteroatoms. The highest BCUT2D eigenvalue weighted by atomic mass is 16.5. The van der Waals surface area contributed by atoms with Crippen LogP contribution in [0.1, 0.15) is 320 Å². The van der Waals surface area contributed by atoms with E-state index in [0.717, 1.165) is 0 Å². The number of benzene rings is 1. The lowest BCUT2D eigenvalue weighted by Gasteiger charge is -2.15. The number of nitrogens with zero attached hydrogens (tertiary/aromatic N) is 9. The molecule has 798 valence electrons. The number of hydrogen-bond donors (Lipinski definition) is 21. The minimum absolute atomic E-state index is 0.000391. The van der Waals surface area contributed by atoms with Gasteiger partial charge in [0.2, 0.25) is 88.6 Å². The van der Waals surface area contributed by atoms with Crippen LogP contribution in [0.5, 0.6) is 0 Å². The Kier molecular flexibility index (Phi) is 70.5. The Morgan fingerprint density at radius 1 is 0.163 bits per heavy atom. The van der Waals surface area contributed by atoms with E-state index in [-0.39, 0.29) is 250 Å². The summed E-state index contributed by atoms with van der Waals surface area (Å²) in [7, 11) is 0. The number of carboxylic acids is 3. The van der Waals surface area contributed by atoms with Crippen molar-refractivity contribution in [1.82, 2.24) is 93.4 Å². The molecule has 1 aromatic rings. The Bertz CT molecular complexity index is 3650. The van der Waals surface area contributed by atoms with Gasteiger partial charge in [-0.25, -0.2) is 45.6 Å². The summed E-state index contributed by atoms with van der Waals surface area (Å²) in [6, 6.07) is 3.86. The van der Waals surface area contributed by atoms with Gasteiger partial charge in [-0.2, -0.15) is 0 Å². The molecular weight excluding hydrogens is 1860 g/mol. The zero-order valence-electron chi connectivity index (χ0n) is 80.7. The van der Waals surface area contributed by atoms with Gasteiger partial charge >= 0.3 is 17.9 Å². The van der Waals surface area contributed by atoms with Gasteiger partial charge in [0, 0.05) is 172 Å². The Balaban J connectivity index is 2.67. The minimum Gasteiger partial charge on any atom is -0.481 e. The highest BCUT2D eigenvalue weighted by Gasteiger charge is 2.24. The molecule has 0 spiro atoms. The maximum Gasteiger partial charge on any atom is 0.305 e. The van der Waals surface area contributed by atoms with E-state index in [1.54, 1.807) is 0 Å². The number of hydrogen-bond acceptors (Lipinski definition) is 30. The molecule has 0 aliphatic heterocycles. The number of aliphatic carboxylic acids is 3. The fourth-order valence-corrected chi connectivity index (χ4v) is 13.2. The Hall–Kier alpha value is -12.3. The highest BCUT2D eigenvalue weighted by molar-refractivity contribution is 6.04. The zero-order valence-corrected chi connectivity index (χ0v) is 80.7. The normalized spacial score (nSPS) is 10.8. The molecule has 0 saturated heterocycles. The smallest absolute Gasteiger partial charge is 0.305 e. The molecule has 1 rings (SSSR count). The number of carboxylic acid groups (broad SMARTS) is 3. The van der Waals surface area contributed by atoms with Crippen molar-refractivity contribution in [2.75, 3.05) is 118 Å². The number of carbonyl (C=O) groups is 21. The van der Waals surface area contributed by atoms with Crippen LogP contribution in [0, 0.1) is 0 Å². The van der Waals surface area contributed by atoms with Crippen LogP contribution in [0.4, 0.5) is 0 Å². The van der Waals surface area contributed by atoms with Crippen LogP contribution in [-0.4, -0.2) is 350 Å². The fourth-order valence-electron chi connectivity index (χ4n) is 13.2. The summed E-state index contributed by atoms with van der Waals surface area (Å²) >= 11 is 0. The summed E-state index contributed by atoms with van der Waals surface area (Å²) in [5.74, 6) is -13.6. The van der Waals surface area contributed by atoms with Gasteiger partial charge in [0.05, 0.1) is 78.2 Å². The second-order valence-electron chi connectivity index (χ2n) is 33.5. The molecule has 0 aliphatic carbocycles. The number of carbonyl (C=O) groups excluding carboxylic acids is 18. The van der Waals surface area contributed by atoms with Gasteiger partial charge in [0.1, 0.15) is 0 Å². The maximum absolute atomic E-state index is 13.7. The van der Waals surface area contributed by atoms with Crippen molar-refractivity contribution in [2.24, 2.45) is 0 Å². The van der Waals surface area contributed by atoms with Gasteiger partial charge < -0.3 is 63.2 Å². The van der Waals surface area contributed by atoms with Crippen LogP contribution in [0.2, 0.25) is 0 Å². The quantitative estimate of drug-likeness (QED) is 0.0253. The SMILES string of the molecule is O=C(O)CCN(O)C(=O)CCCCCNC(=O)CCN(O)C(=O)CCCCCNC(=O)CCN(O)C(=O)CCCCCNC(=O)c1cc(C(=O)NCCCCCC(=O)N(O)CCC(=O)NCCCCCC(=O)N(O)CCC(=O)NCCCCCC(=O)N(O)CCC(=O)O)cc(C(=O)NCCCCCC(=O)N(O)CCC(=O)NCCCCCC(=O)N(O)CCC(=O)NCCCCCC(=O)N(O)CCC(=O)O)c1. The third-order valence-electron chi connectivity index (χ3n) is 21.6. The molecule has 0 saturated carbocycles. The number of nitrogens with one attached hydrogen (secondary N) is 9. The van der Waals surface area contributed by atoms with E-state index in [4.69, 9.17) is 15.3 Å². The first-order chi connectivity index (χ1) is 67.2. The molecule has 0 bridgehead atoms. The third kappa shape index (κ3) is 66.9. The first-order valence-electron chi connectivity index (χ1n) is 48.4. The van der Waals surface area contributed by atoms with E-state index in [0.29, 0.717) is 200 Å². The highest BCUT2D eigenvalue weighted by Crippen LogP contribution is 2.17. The molecule has 141 heavy (non-hydrogen) atoms. The molecule has 51 nitrogen and oxygen atoms in total. The average molecular weight is 2010 g/mol. The van der Waals surface area contributed by atoms with Crippen LogP contribution >= 0.6 is 0 Å². The summed E-state index contributed by atoms with van der Waals surface area (Å²) in [6.07, 6.45) is 8.77. The summed E-state index contributed by atoms with van der Waals surface area (Å²) in [4.78, 5) is 258. The Morgan fingerprint density at radius 3 is 0.411 bits per heavy atom. The molecule has 18 amide bonds. The van der Waals surface area contributed by atoms with Gasteiger partial charge in [-0.3, -0.25) is 148 Å². The Labute approximate surface area is 818 Å². The van der Waals surface area contributed by atoms with E-state index in [2.05, 4.69) is 47.9 Å². The lowest BCUT2D eigenvalue weighted by molar-refractivity contribution is -0.168. The van der Waals surface area contributed by atoms with Crippen molar-refractivity contribution in [1.29, 1.82) is 0 Å². The number of hydroxylamine groups is 18. The van der Waals surface area contributed by atoms with E-state index >= 15 is 0 Å². The molecule has 0 radical (unpaired) electrons. The van der Waals surface area contributed by atoms with Crippen LogP contribution in [-0.2, 0) is 86.3 Å². The van der Waals surface area contributed by atoms with E-state index < -0.39 is 143 Å². The van der Waals surface area contributed by atoms with Gasteiger partial charge in [-0.15, -0.1) is 0 Å². The molecule has 0 fully saturated rings. The predicted molar refractivity (Wildman–Crippen MR) is 494 cm³/mol. The average Bonchev–Trinajstić information content (AvgIpc) is 0.823. The van der Waals surface area contributed by atoms with Crippen molar-refractivity contribution in [3.63, 3.8) is 0 Å². The monoisotopic (exact) mass is 2010 g/mol. The molecule has 0 unspecified atom stereocenters. The summed E-state index contributed by atoms with van der Waals surface area (Å²) < 4.78 is 0. The lowest BCUT2D eigenvalue weighted by Crippen LogP contribution is -2.33. The van der Waals surface area contributed by atoms with Crippen LogP contribution in [0.15, 0.2) is 18.2 Å². The molecule has 0 heterocycles. The molecule has 21 N–H and O–H groups in total. The Morgan fingerprint density at radius 2 is 0.284 bits per heavy atom. The van der Waals surface area contributed by atoms with Gasteiger partial charge in [0.15, 0.2) is 0 Å². The topological polar surface area (TPSA) is 739 Å². The predicted octanol–water partition coefficient (Wildman–Crippen LogP) is 3.34. The van der Waals surface area contributed by atoms with Crippen molar-refractivity contribution in [3.8, 4) is 0 Å². The summed E-state index contributed by atoms with van der Waals surface area (Å²) in [5.41, 5.74) is -0.174. The van der Waals surface area contributed by atoms with E-state index in [1.165, 1.54) is 18.2 Å². The van der Waals surface area contributed by atoms with Crippen molar-refractivity contribution >= 4 is 124 Å². The first kappa shape index (κ1) is 127. The van der Waals surface area contributed by atoms with Crippen molar-refractivity contribution in [3.05, 3.63) is 34.9 Å². The first-order valence-corrected chi connectivity index (χ1v) is 48.4. The zero-order chi connectivity index (χ0) is 105. The van der Waals surface area contributed by atoms with Crippen LogP contribution in [0.25, 0.3) is 0 Å². The molecular formula is C90H150N18O33. The fraction of sp³-hybridized carbons (Fsp3) is 0.700. The van der Waals surface area contributed by atoms with Crippen molar-refractivity contribution < 1.29 is 163 Å². The second-order valence-corrected chi connectivity index (χ2v) is 33.5. The van der Waals surface area contributed by atoms with E-state index in [1.807, 2.05) is 0 Å². The van der Waals surface area contributed by atoms with Gasteiger partial charge in [-0.05, 0) is 134 Å². The van der Waals surface area contributed by atoms with Crippen LogP contribution < -0.4 is 47.9 Å². The van der Waals surface area contributed by atoms with Crippen molar-refractivity contribution in [2.45, 2.75) is 289 Å². The number of rotatable bonds is 84. The van der Waals surface area contributed by atoms with Gasteiger partial charge in [0.25, 0.3) is 17.7 Å². The number of unbranched alkanes of at least 4 members (excludes halogenated alkanes) is 18. The largest absolute Gasteiger partial charge is 0.481 e. The lowest BCUT2D eigenvalue weighted by atomic mass is 10.0. The summed E-state index contributed by atoms with van der Waals surface area (Å²) in [5, 5.41) is 144.